The molecule has 56 valence electrons. The van der Waals surface area contributed by atoms with E-state index in [1.807, 2.05) is 12.3 Å². The normalized spacial score (nSPS) is 27.5. The van der Waals surface area contributed by atoms with E-state index >= 15 is 0 Å². The van der Waals surface area contributed by atoms with Crippen LogP contribution in [0.5, 0.6) is 0 Å². The van der Waals surface area contributed by atoms with Crippen LogP contribution in [0.2, 0.25) is 0 Å². The highest BCUT2D eigenvalue weighted by atomic mass is 35.5. The van der Waals surface area contributed by atoms with Crippen molar-refractivity contribution in [1.29, 1.82) is 0 Å². The maximum atomic E-state index is 5.78. The molecule has 0 aromatic carbocycles. The van der Waals surface area contributed by atoms with Crippen LogP contribution in [-0.4, -0.2) is 5.17 Å². The number of aliphatic imine (C=N–C) groups is 1. The van der Waals surface area contributed by atoms with Gasteiger partial charge < -0.3 is 0 Å². The topological polar surface area (TPSA) is 12.4 Å². The van der Waals surface area contributed by atoms with Gasteiger partial charge in [-0.2, -0.15) is 0 Å². The summed E-state index contributed by atoms with van der Waals surface area (Å²) in [6, 6.07) is 0. The first-order valence-corrected chi connectivity index (χ1v) is 4.01. The smallest absolute Gasteiger partial charge is 0.107 e. The van der Waals surface area contributed by atoms with E-state index in [1.165, 1.54) is 5.57 Å². The number of halogens is 1. The van der Waals surface area contributed by atoms with Crippen LogP contribution in [0.25, 0.3) is 0 Å². The molecule has 0 fully saturated rings. The Labute approximate surface area is 70.8 Å². The number of nitrogens with zero attached hydrogens (tertiary/aromatic N) is 1. The van der Waals surface area contributed by atoms with Gasteiger partial charge in [-0.3, -0.25) is 0 Å². The van der Waals surface area contributed by atoms with Gasteiger partial charge in [0.1, 0.15) is 5.17 Å². The number of allylic oxidation sites excluding steroid dienone is 5. The molecule has 0 radical (unpaired) electrons. The molecule has 0 aromatic heterocycles. The lowest BCUT2D eigenvalue weighted by atomic mass is 9.91. The lowest BCUT2D eigenvalue weighted by molar-refractivity contribution is 0.804. The second kappa shape index (κ2) is 2.67. The van der Waals surface area contributed by atoms with E-state index in [2.05, 4.69) is 23.2 Å². The number of hydrogen-bond donors (Lipinski definition) is 0. The van der Waals surface area contributed by atoms with E-state index in [9.17, 15) is 0 Å². The van der Waals surface area contributed by atoms with Crippen LogP contribution in [-0.2, 0) is 0 Å². The van der Waals surface area contributed by atoms with Crippen LogP contribution in [0.3, 0.4) is 0 Å². The molecular formula is C9H8ClN. The molecule has 0 spiro atoms. The molecule has 0 bridgehead atoms. The molecule has 2 rings (SSSR count). The van der Waals surface area contributed by atoms with Crippen molar-refractivity contribution in [1.82, 2.24) is 0 Å². The van der Waals surface area contributed by atoms with Gasteiger partial charge in [0.2, 0.25) is 0 Å². The first-order chi connectivity index (χ1) is 5.36. The van der Waals surface area contributed by atoms with E-state index in [0.717, 1.165) is 6.42 Å². The van der Waals surface area contributed by atoms with Crippen LogP contribution in [0.15, 0.2) is 41.1 Å². The van der Waals surface area contributed by atoms with Crippen molar-refractivity contribution in [2.24, 2.45) is 10.9 Å². The van der Waals surface area contributed by atoms with Gasteiger partial charge in [-0.15, -0.1) is 0 Å². The Bertz CT molecular complexity index is 284. The molecule has 0 saturated carbocycles. The third-order valence-corrected chi connectivity index (χ3v) is 2.17. The Hall–Kier alpha value is -0.820. The molecule has 1 heterocycles. The van der Waals surface area contributed by atoms with Crippen molar-refractivity contribution >= 4 is 16.8 Å². The molecule has 1 atom stereocenters. The molecule has 2 aliphatic rings. The average Bonchev–Trinajstić information content (AvgIpc) is 2.04. The van der Waals surface area contributed by atoms with Crippen LogP contribution in [0, 0.1) is 5.92 Å². The van der Waals surface area contributed by atoms with Gasteiger partial charge in [-0.05, 0) is 5.57 Å². The maximum absolute atomic E-state index is 5.78. The first-order valence-electron chi connectivity index (χ1n) is 3.63. The summed E-state index contributed by atoms with van der Waals surface area (Å²) < 4.78 is 0. The van der Waals surface area contributed by atoms with Crippen molar-refractivity contribution < 1.29 is 0 Å². The summed E-state index contributed by atoms with van der Waals surface area (Å²) in [7, 11) is 0. The molecule has 0 aromatic rings. The predicted molar refractivity (Wildman–Crippen MR) is 47.8 cm³/mol. The van der Waals surface area contributed by atoms with Crippen LogP contribution < -0.4 is 0 Å². The highest BCUT2D eigenvalue weighted by Gasteiger charge is 2.16. The standard InChI is InChI=1S/C9H8ClN/c10-9-5-7-3-1-2-4-8(7)6-11-9/h1-4,6-7H,5H2. The third kappa shape index (κ3) is 1.29. The molecule has 1 nitrogen and oxygen atoms in total. The summed E-state index contributed by atoms with van der Waals surface area (Å²) in [6.07, 6.45) is 11.0. The van der Waals surface area contributed by atoms with Crippen molar-refractivity contribution in [2.75, 3.05) is 0 Å². The molecular weight excluding hydrogens is 158 g/mol. The minimum absolute atomic E-state index is 0.463. The maximum Gasteiger partial charge on any atom is 0.107 e. The van der Waals surface area contributed by atoms with E-state index in [4.69, 9.17) is 11.6 Å². The fourth-order valence-electron chi connectivity index (χ4n) is 1.30. The highest BCUT2D eigenvalue weighted by Crippen LogP contribution is 2.26. The van der Waals surface area contributed by atoms with Gasteiger partial charge in [0.05, 0.1) is 0 Å². The fourth-order valence-corrected chi connectivity index (χ4v) is 1.52. The molecule has 0 N–H and O–H groups in total. The van der Waals surface area contributed by atoms with Gasteiger partial charge in [-0.1, -0.05) is 35.9 Å². The zero-order valence-corrected chi connectivity index (χ0v) is 6.75. The Kier molecular flexibility index (Phi) is 1.66. The van der Waals surface area contributed by atoms with Crippen molar-refractivity contribution in [3.63, 3.8) is 0 Å². The Balaban J connectivity index is 2.33. The number of fused-ring (bicyclic) bond motifs is 1. The molecule has 1 aliphatic heterocycles. The molecule has 1 unspecified atom stereocenters. The summed E-state index contributed by atoms with van der Waals surface area (Å²) >= 11 is 5.78. The van der Waals surface area contributed by atoms with Crippen molar-refractivity contribution in [3.8, 4) is 0 Å². The zero-order chi connectivity index (χ0) is 7.68. The predicted octanol–water partition coefficient (Wildman–Crippen LogP) is 2.65. The fraction of sp³-hybridized carbons (Fsp3) is 0.222. The number of hydrogen-bond acceptors (Lipinski definition) is 1. The van der Waals surface area contributed by atoms with Crippen molar-refractivity contribution in [2.45, 2.75) is 6.42 Å². The minimum Gasteiger partial charge on any atom is -0.249 e. The second-order valence-electron chi connectivity index (χ2n) is 2.69. The Morgan fingerprint density at radius 2 is 2.36 bits per heavy atom. The molecule has 11 heavy (non-hydrogen) atoms. The van der Waals surface area contributed by atoms with Gasteiger partial charge in [0.15, 0.2) is 0 Å². The van der Waals surface area contributed by atoms with E-state index in [-0.39, 0.29) is 0 Å². The minimum atomic E-state index is 0.463. The second-order valence-corrected chi connectivity index (χ2v) is 3.13. The molecule has 0 amide bonds. The van der Waals surface area contributed by atoms with Crippen LogP contribution in [0.4, 0.5) is 0 Å². The van der Waals surface area contributed by atoms with Crippen LogP contribution in [0.1, 0.15) is 6.42 Å². The highest BCUT2D eigenvalue weighted by molar-refractivity contribution is 6.65. The molecule has 1 aliphatic carbocycles. The van der Waals surface area contributed by atoms with Gasteiger partial charge in [-0.25, -0.2) is 4.99 Å². The zero-order valence-electron chi connectivity index (χ0n) is 6.00. The Morgan fingerprint density at radius 1 is 1.45 bits per heavy atom. The van der Waals surface area contributed by atoms with E-state index in [1.54, 1.807) is 0 Å². The summed E-state index contributed by atoms with van der Waals surface area (Å²) in [5.74, 6) is 0.463. The summed E-state index contributed by atoms with van der Waals surface area (Å²) in [5, 5.41) is 0.707. The van der Waals surface area contributed by atoms with E-state index in [0.29, 0.717) is 11.1 Å². The third-order valence-electron chi connectivity index (χ3n) is 1.91. The van der Waals surface area contributed by atoms with Gasteiger partial charge in [0, 0.05) is 18.5 Å². The van der Waals surface area contributed by atoms with Crippen molar-refractivity contribution in [3.05, 3.63) is 36.1 Å². The molecule has 2 heteroatoms. The van der Waals surface area contributed by atoms with E-state index < -0.39 is 0 Å². The quantitative estimate of drug-likeness (QED) is 0.523. The lowest BCUT2D eigenvalue weighted by Crippen LogP contribution is -2.09. The summed E-state index contributed by atoms with van der Waals surface area (Å²) in [5.41, 5.74) is 1.26. The first kappa shape index (κ1) is 6.86. The number of rotatable bonds is 0. The summed E-state index contributed by atoms with van der Waals surface area (Å²) in [4.78, 5) is 4.05. The van der Waals surface area contributed by atoms with Crippen LogP contribution >= 0.6 is 11.6 Å². The summed E-state index contributed by atoms with van der Waals surface area (Å²) in [6.45, 7) is 0. The Morgan fingerprint density at radius 3 is 3.27 bits per heavy atom. The lowest BCUT2D eigenvalue weighted by Gasteiger charge is -2.18. The average molecular weight is 166 g/mol. The van der Waals surface area contributed by atoms with Gasteiger partial charge in [0.25, 0.3) is 0 Å². The molecule has 0 saturated heterocycles. The monoisotopic (exact) mass is 165 g/mol. The van der Waals surface area contributed by atoms with Gasteiger partial charge >= 0.3 is 0 Å². The SMILES string of the molecule is ClC1=NC=C2C=CC=CC2C1. The largest absolute Gasteiger partial charge is 0.249 e.